The molecule has 0 amide bonds. The van der Waals surface area contributed by atoms with Gasteiger partial charge in [-0.05, 0) is 57.0 Å². The van der Waals surface area contributed by atoms with Gasteiger partial charge < -0.3 is 9.84 Å². The molecule has 0 spiro atoms. The van der Waals surface area contributed by atoms with E-state index in [0.29, 0.717) is 13.0 Å². The molecule has 1 atom stereocenters. The van der Waals surface area contributed by atoms with E-state index in [1.807, 2.05) is 31.2 Å². The average Bonchev–Trinajstić information content (AvgIpc) is 3.00. The molecule has 1 fully saturated rings. The van der Waals surface area contributed by atoms with Crippen molar-refractivity contribution >= 4 is 5.97 Å². The van der Waals surface area contributed by atoms with Gasteiger partial charge in [-0.25, -0.2) is 0 Å². The summed E-state index contributed by atoms with van der Waals surface area (Å²) in [5.74, 6) is 0.0767. The molecular formula is C17H25NO3. The summed E-state index contributed by atoms with van der Waals surface area (Å²) in [6, 6.07) is 7.81. The number of hydrogen-bond acceptors (Lipinski definition) is 3. The van der Waals surface area contributed by atoms with Crippen LogP contribution in [0.4, 0.5) is 0 Å². The molecule has 0 bridgehead atoms. The Kier molecular flexibility index (Phi) is 5.23. The van der Waals surface area contributed by atoms with Crippen LogP contribution < -0.4 is 4.74 Å². The molecule has 0 radical (unpaired) electrons. The topological polar surface area (TPSA) is 49.8 Å². The van der Waals surface area contributed by atoms with Gasteiger partial charge in [0.1, 0.15) is 11.3 Å². The van der Waals surface area contributed by atoms with Crippen molar-refractivity contribution in [3.8, 4) is 5.75 Å². The van der Waals surface area contributed by atoms with Crippen LogP contribution in [0.25, 0.3) is 0 Å². The summed E-state index contributed by atoms with van der Waals surface area (Å²) >= 11 is 0. The Morgan fingerprint density at radius 1 is 1.38 bits per heavy atom. The fraction of sp³-hybridized carbons (Fsp3) is 0.588. The van der Waals surface area contributed by atoms with Crippen molar-refractivity contribution in [3.63, 3.8) is 0 Å². The minimum Gasteiger partial charge on any atom is -0.494 e. The standard InChI is InChI=1S/C17H25NO3/c1-3-11-21-15-8-6-7-14(12-15)13-17(2,16(19)20)18-9-4-5-10-18/h6-8,12H,3-5,9-11,13H2,1-2H3,(H,19,20). The zero-order valence-electron chi connectivity index (χ0n) is 13.0. The fourth-order valence-electron chi connectivity index (χ4n) is 2.90. The van der Waals surface area contributed by atoms with E-state index in [-0.39, 0.29) is 0 Å². The number of aliphatic carboxylic acids is 1. The van der Waals surface area contributed by atoms with Gasteiger partial charge in [0.05, 0.1) is 6.61 Å². The van der Waals surface area contributed by atoms with E-state index >= 15 is 0 Å². The van der Waals surface area contributed by atoms with Gasteiger partial charge in [0.15, 0.2) is 0 Å². The third-order valence-corrected chi connectivity index (χ3v) is 4.18. The van der Waals surface area contributed by atoms with E-state index in [2.05, 4.69) is 11.8 Å². The highest BCUT2D eigenvalue weighted by molar-refractivity contribution is 5.78. The van der Waals surface area contributed by atoms with Crippen LogP contribution in [-0.2, 0) is 11.2 Å². The van der Waals surface area contributed by atoms with Crippen LogP contribution in [0.15, 0.2) is 24.3 Å². The van der Waals surface area contributed by atoms with Gasteiger partial charge in [-0.2, -0.15) is 0 Å². The van der Waals surface area contributed by atoms with Crippen LogP contribution in [0.3, 0.4) is 0 Å². The average molecular weight is 291 g/mol. The SMILES string of the molecule is CCCOc1cccc(CC(C)(C(=O)O)N2CCCC2)c1. The van der Waals surface area contributed by atoms with E-state index in [9.17, 15) is 9.90 Å². The number of likely N-dealkylation sites (tertiary alicyclic amines) is 1. The maximum Gasteiger partial charge on any atom is 0.324 e. The number of carboxylic acid groups (broad SMARTS) is 1. The predicted molar refractivity (Wildman–Crippen MR) is 82.8 cm³/mol. The van der Waals surface area contributed by atoms with Crippen molar-refractivity contribution in [1.29, 1.82) is 0 Å². The first-order valence-electron chi connectivity index (χ1n) is 7.76. The minimum absolute atomic E-state index is 0.506. The maximum absolute atomic E-state index is 11.8. The maximum atomic E-state index is 11.8. The van der Waals surface area contributed by atoms with Crippen molar-refractivity contribution in [2.75, 3.05) is 19.7 Å². The smallest absolute Gasteiger partial charge is 0.324 e. The minimum atomic E-state index is -0.833. The Hall–Kier alpha value is -1.55. The number of hydrogen-bond donors (Lipinski definition) is 1. The molecule has 0 saturated carbocycles. The number of rotatable bonds is 7. The van der Waals surface area contributed by atoms with Gasteiger partial charge >= 0.3 is 5.97 Å². The lowest BCUT2D eigenvalue weighted by molar-refractivity contribution is -0.149. The van der Waals surface area contributed by atoms with Crippen LogP contribution in [0.5, 0.6) is 5.75 Å². The Morgan fingerprint density at radius 2 is 2.10 bits per heavy atom. The molecule has 1 unspecified atom stereocenters. The number of carbonyl (C=O) groups is 1. The van der Waals surface area contributed by atoms with Crippen molar-refractivity contribution in [2.24, 2.45) is 0 Å². The normalized spacial score (nSPS) is 18.4. The zero-order valence-corrected chi connectivity index (χ0v) is 13.0. The molecule has 0 aromatic heterocycles. The second kappa shape index (κ2) is 6.94. The Balaban J connectivity index is 2.14. The first-order chi connectivity index (χ1) is 10.1. The number of benzene rings is 1. The molecular weight excluding hydrogens is 266 g/mol. The molecule has 1 aromatic rings. The van der Waals surface area contributed by atoms with Crippen molar-refractivity contribution in [2.45, 2.75) is 45.1 Å². The van der Waals surface area contributed by atoms with Crippen LogP contribution in [0.1, 0.15) is 38.7 Å². The molecule has 1 N–H and O–H groups in total. The largest absolute Gasteiger partial charge is 0.494 e. The molecule has 1 aromatic carbocycles. The summed E-state index contributed by atoms with van der Waals surface area (Å²) in [7, 11) is 0. The number of ether oxygens (including phenoxy) is 1. The first kappa shape index (κ1) is 15.8. The lowest BCUT2D eigenvalue weighted by atomic mass is 9.91. The first-order valence-corrected chi connectivity index (χ1v) is 7.76. The molecule has 2 rings (SSSR count). The van der Waals surface area contributed by atoms with Crippen LogP contribution in [0, 0.1) is 0 Å². The van der Waals surface area contributed by atoms with E-state index in [1.165, 1.54) is 0 Å². The van der Waals surface area contributed by atoms with Crippen molar-refractivity contribution in [1.82, 2.24) is 4.90 Å². The fourth-order valence-corrected chi connectivity index (χ4v) is 2.90. The molecule has 1 saturated heterocycles. The Bertz CT molecular complexity index is 483. The van der Waals surface area contributed by atoms with E-state index in [0.717, 1.165) is 43.7 Å². The highest BCUT2D eigenvalue weighted by Gasteiger charge is 2.40. The van der Waals surface area contributed by atoms with Crippen LogP contribution >= 0.6 is 0 Å². The number of carboxylic acids is 1. The van der Waals surface area contributed by atoms with Crippen molar-refractivity contribution < 1.29 is 14.6 Å². The van der Waals surface area contributed by atoms with Crippen molar-refractivity contribution in [3.05, 3.63) is 29.8 Å². The van der Waals surface area contributed by atoms with E-state index in [1.54, 1.807) is 0 Å². The highest BCUT2D eigenvalue weighted by atomic mass is 16.5. The highest BCUT2D eigenvalue weighted by Crippen LogP contribution is 2.27. The molecule has 0 aliphatic carbocycles. The monoisotopic (exact) mass is 291 g/mol. The zero-order chi connectivity index (χ0) is 15.3. The van der Waals surface area contributed by atoms with E-state index < -0.39 is 11.5 Å². The van der Waals surface area contributed by atoms with Gasteiger partial charge in [-0.15, -0.1) is 0 Å². The van der Waals surface area contributed by atoms with E-state index in [4.69, 9.17) is 4.74 Å². The lowest BCUT2D eigenvalue weighted by Gasteiger charge is -2.35. The van der Waals surface area contributed by atoms with Gasteiger partial charge in [0.25, 0.3) is 0 Å². The third kappa shape index (κ3) is 3.76. The van der Waals surface area contributed by atoms with Gasteiger partial charge in [-0.1, -0.05) is 19.1 Å². The summed E-state index contributed by atoms with van der Waals surface area (Å²) in [6.07, 6.45) is 3.64. The summed E-state index contributed by atoms with van der Waals surface area (Å²) in [4.78, 5) is 13.9. The molecule has 4 nitrogen and oxygen atoms in total. The lowest BCUT2D eigenvalue weighted by Crippen LogP contribution is -2.52. The molecule has 1 heterocycles. The van der Waals surface area contributed by atoms with Gasteiger partial charge in [-0.3, -0.25) is 9.69 Å². The van der Waals surface area contributed by atoms with Crippen LogP contribution in [0.2, 0.25) is 0 Å². The number of nitrogens with zero attached hydrogens (tertiary/aromatic N) is 1. The van der Waals surface area contributed by atoms with Gasteiger partial charge in [0.2, 0.25) is 0 Å². The second-order valence-electron chi connectivity index (χ2n) is 5.95. The second-order valence-corrected chi connectivity index (χ2v) is 5.95. The Labute approximate surface area is 126 Å². The summed E-state index contributed by atoms with van der Waals surface area (Å²) in [5.41, 5.74) is 0.181. The van der Waals surface area contributed by atoms with Gasteiger partial charge in [0, 0.05) is 6.42 Å². The van der Waals surface area contributed by atoms with Crippen LogP contribution in [-0.4, -0.2) is 41.2 Å². The Morgan fingerprint density at radius 3 is 2.71 bits per heavy atom. The third-order valence-electron chi connectivity index (χ3n) is 4.18. The predicted octanol–water partition coefficient (Wildman–Crippen LogP) is 2.96. The summed E-state index contributed by atoms with van der Waals surface area (Å²) < 4.78 is 5.64. The molecule has 4 heteroatoms. The summed E-state index contributed by atoms with van der Waals surface area (Å²) in [5, 5.41) is 9.69. The quantitative estimate of drug-likeness (QED) is 0.839. The molecule has 116 valence electrons. The molecule has 1 aliphatic rings. The summed E-state index contributed by atoms with van der Waals surface area (Å²) in [6.45, 7) is 6.33. The molecule has 1 aliphatic heterocycles. The molecule has 21 heavy (non-hydrogen) atoms.